The molecule has 1 saturated heterocycles. The first-order valence-corrected chi connectivity index (χ1v) is 10.4. The molecule has 1 fully saturated rings. The van der Waals surface area contributed by atoms with Gasteiger partial charge in [-0.1, -0.05) is 97.9 Å². The minimum Gasteiger partial charge on any atom is -0.344 e. The molecule has 0 unspecified atom stereocenters. The third-order valence-corrected chi connectivity index (χ3v) is 7.33. The fourth-order valence-corrected chi connectivity index (χ4v) is 6.26. The average molecular weight is 364 g/mol. The van der Waals surface area contributed by atoms with Crippen LogP contribution in [0.1, 0.15) is 48.4 Å². The highest BCUT2D eigenvalue weighted by molar-refractivity contribution is 5.66. The first kappa shape index (κ1) is 16.3. The normalized spacial score (nSPS) is 32.5. The fraction of sp³-hybridized carbons (Fsp3) is 0.259. The summed E-state index contributed by atoms with van der Waals surface area (Å²) in [6.45, 7) is 2.44. The summed E-state index contributed by atoms with van der Waals surface area (Å²) in [5.41, 5.74) is 5.67. The molecule has 3 atom stereocenters. The molecule has 2 bridgehead atoms. The van der Waals surface area contributed by atoms with Crippen molar-refractivity contribution in [2.45, 2.75) is 37.4 Å². The molecule has 0 saturated carbocycles. The van der Waals surface area contributed by atoms with E-state index in [0.717, 1.165) is 12.8 Å². The smallest absolute Gasteiger partial charge is 0.142 e. The van der Waals surface area contributed by atoms with Crippen LogP contribution in [-0.2, 0) is 15.9 Å². The van der Waals surface area contributed by atoms with Crippen molar-refractivity contribution in [3.63, 3.8) is 0 Å². The highest BCUT2D eigenvalue weighted by atomic mass is 16.5. The second-order valence-electron chi connectivity index (χ2n) is 8.58. The van der Waals surface area contributed by atoms with Gasteiger partial charge in [0, 0.05) is 5.41 Å². The number of hydrogen-bond acceptors (Lipinski definition) is 1. The van der Waals surface area contributed by atoms with Gasteiger partial charge in [-0.3, -0.25) is 0 Å². The molecule has 0 N–H and O–H groups in total. The van der Waals surface area contributed by atoms with Gasteiger partial charge in [-0.25, -0.2) is 0 Å². The van der Waals surface area contributed by atoms with Gasteiger partial charge in [-0.15, -0.1) is 0 Å². The van der Waals surface area contributed by atoms with Crippen LogP contribution in [0.15, 0.2) is 96.6 Å². The first-order valence-electron chi connectivity index (χ1n) is 10.4. The number of fused-ring (bicyclic) bond motifs is 8. The van der Waals surface area contributed by atoms with Crippen molar-refractivity contribution in [2.75, 3.05) is 0 Å². The summed E-state index contributed by atoms with van der Waals surface area (Å²) in [6.07, 6.45) is 5.98. The molecule has 1 heteroatoms. The topological polar surface area (TPSA) is 9.23 Å². The predicted octanol–water partition coefficient (Wildman–Crippen LogP) is 6.33. The second-order valence-corrected chi connectivity index (χ2v) is 8.58. The fourth-order valence-electron chi connectivity index (χ4n) is 6.26. The van der Waals surface area contributed by atoms with Crippen molar-refractivity contribution in [1.82, 2.24) is 0 Å². The van der Waals surface area contributed by atoms with Crippen LogP contribution in [0, 0.1) is 5.41 Å². The van der Waals surface area contributed by atoms with Crippen molar-refractivity contribution < 1.29 is 4.74 Å². The standard InChI is InChI=1S/C27H24O/c1-25-19-11-10-18-24(25)26(20-12-4-2-5-13-20)22-16-8-9-17-23(22)27(25,28-26)21-14-6-3-7-15-21/h2-9,12-18H,10-11,19H2,1H3/t25-,26-,27+/m0/s1. The monoisotopic (exact) mass is 364 g/mol. The summed E-state index contributed by atoms with van der Waals surface area (Å²) < 4.78 is 7.37. The molecule has 2 heterocycles. The lowest BCUT2D eigenvalue weighted by molar-refractivity contribution is -0.0702. The van der Waals surface area contributed by atoms with Crippen LogP contribution < -0.4 is 0 Å². The van der Waals surface area contributed by atoms with Crippen molar-refractivity contribution >= 4 is 0 Å². The Bertz CT molecular complexity index is 1080. The molecule has 28 heavy (non-hydrogen) atoms. The molecule has 1 aliphatic carbocycles. The van der Waals surface area contributed by atoms with Gasteiger partial charge in [0.2, 0.25) is 0 Å². The van der Waals surface area contributed by atoms with Gasteiger partial charge < -0.3 is 4.74 Å². The maximum Gasteiger partial charge on any atom is 0.142 e. The maximum absolute atomic E-state index is 7.37. The quantitative estimate of drug-likeness (QED) is 0.483. The Morgan fingerprint density at radius 2 is 1.32 bits per heavy atom. The molecule has 6 rings (SSSR count). The van der Waals surface area contributed by atoms with Gasteiger partial charge >= 0.3 is 0 Å². The van der Waals surface area contributed by atoms with Crippen molar-refractivity contribution in [2.24, 2.45) is 5.41 Å². The zero-order chi connectivity index (χ0) is 18.8. The lowest BCUT2D eigenvalue weighted by atomic mass is 9.53. The van der Waals surface area contributed by atoms with Crippen molar-refractivity contribution in [3.05, 3.63) is 119 Å². The largest absolute Gasteiger partial charge is 0.344 e. The van der Waals surface area contributed by atoms with Crippen LogP contribution in [0.2, 0.25) is 0 Å². The van der Waals surface area contributed by atoms with Crippen LogP contribution in [0.25, 0.3) is 0 Å². The van der Waals surface area contributed by atoms with Gasteiger partial charge in [-0.05, 0) is 47.1 Å². The van der Waals surface area contributed by atoms with E-state index in [4.69, 9.17) is 4.74 Å². The lowest BCUT2D eigenvalue weighted by Crippen LogP contribution is -2.45. The third-order valence-electron chi connectivity index (χ3n) is 7.33. The highest BCUT2D eigenvalue weighted by Crippen LogP contribution is 2.75. The van der Waals surface area contributed by atoms with E-state index >= 15 is 0 Å². The highest BCUT2D eigenvalue weighted by Gasteiger charge is 2.73. The second kappa shape index (κ2) is 5.46. The zero-order valence-corrected chi connectivity index (χ0v) is 16.2. The number of rotatable bonds is 2. The molecule has 0 amide bonds. The Hall–Kier alpha value is -2.64. The average Bonchev–Trinajstić information content (AvgIpc) is 3.22. The molecule has 2 aliphatic heterocycles. The molecule has 1 nitrogen and oxygen atoms in total. The minimum atomic E-state index is -0.483. The third kappa shape index (κ3) is 1.68. The predicted molar refractivity (Wildman–Crippen MR) is 112 cm³/mol. The maximum atomic E-state index is 7.37. The van der Waals surface area contributed by atoms with E-state index in [0.29, 0.717) is 0 Å². The SMILES string of the molecule is C[C@]12CCCC=C1[C@@]1(c3ccccc3)O[C@]2(c2ccccc2)c2ccccc21. The van der Waals surface area contributed by atoms with E-state index in [1.165, 1.54) is 34.2 Å². The molecule has 3 aromatic rings. The van der Waals surface area contributed by atoms with E-state index in [-0.39, 0.29) is 5.41 Å². The summed E-state index contributed by atoms with van der Waals surface area (Å²) in [5, 5.41) is 0. The molecular formula is C27H24O. The van der Waals surface area contributed by atoms with Crippen LogP contribution in [0.3, 0.4) is 0 Å². The number of ether oxygens (including phenoxy) is 1. The summed E-state index contributed by atoms with van der Waals surface area (Å²) in [4.78, 5) is 0. The summed E-state index contributed by atoms with van der Waals surface area (Å²) >= 11 is 0. The molecule has 3 aromatic carbocycles. The van der Waals surface area contributed by atoms with Gasteiger partial charge in [0.05, 0.1) is 0 Å². The number of benzene rings is 3. The molecule has 0 spiro atoms. The summed E-state index contributed by atoms with van der Waals surface area (Å²) in [7, 11) is 0. The summed E-state index contributed by atoms with van der Waals surface area (Å²) in [6, 6.07) is 30.6. The van der Waals surface area contributed by atoms with E-state index in [2.05, 4.69) is 97.9 Å². The Balaban J connectivity index is 1.77. The molecule has 0 radical (unpaired) electrons. The van der Waals surface area contributed by atoms with E-state index in [1.807, 2.05) is 0 Å². The molecular weight excluding hydrogens is 340 g/mol. The molecule has 138 valence electrons. The molecule has 3 aliphatic rings. The van der Waals surface area contributed by atoms with E-state index in [1.54, 1.807) is 0 Å². The number of hydrogen-bond donors (Lipinski definition) is 0. The van der Waals surface area contributed by atoms with E-state index in [9.17, 15) is 0 Å². The van der Waals surface area contributed by atoms with Crippen LogP contribution in [-0.4, -0.2) is 0 Å². The minimum absolute atomic E-state index is 0.0448. The Morgan fingerprint density at radius 1 is 0.714 bits per heavy atom. The van der Waals surface area contributed by atoms with Crippen LogP contribution in [0.5, 0.6) is 0 Å². The summed E-state index contributed by atoms with van der Waals surface area (Å²) in [5.74, 6) is 0. The zero-order valence-electron chi connectivity index (χ0n) is 16.2. The molecule has 0 aromatic heterocycles. The van der Waals surface area contributed by atoms with Crippen LogP contribution >= 0.6 is 0 Å². The van der Waals surface area contributed by atoms with Crippen LogP contribution in [0.4, 0.5) is 0 Å². The Labute approximate surface area is 166 Å². The van der Waals surface area contributed by atoms with Crippen molar-refractivity contribution in [3.8, 4) is 0 Å². The first-order chi connectivity index (χ1) is 13.7. The Kier molecular flexibility index (Phi) is 3.18. The Morgan fingerprint density at radius 3 is 2.04 bits per heavy atom. The van der Waals surface area contributed by atoms with Gasteiger partial charge in [-0.2, -0.15) is 0 Å². The lowest BCUT2D eigenvalue weighted by Gasteiger charge is -2.47. The van der Waals surface area contributed by atoms with Gasteiger partial charge in [0.1, 0.15) is 11.2 Å². The van der Waals surface area contributed by atoms with Gasteiger partial charge in [0.25, 0.3) is 0 Å². The van der Waals surface area contributed by atoms with E-state index < -0.39 is 11.2 Å². The number of allylic oxidation sites excluding steroid dienone is 1. The van der Waals surface area contributed by atoms with Crippen molar-refractivity contribution in [1.29, 1.82) is 0 Å². The van der Waals surface area contributed by atoms with Gasteiger partial charge in [0.15, 0.2) is 0 Å².